The van der Waals surface area contributed by atoms with Gasteiger partial charge >= 0.3 is 0 Å². The molecule has 0 fully saturated rings. The monoisotopic (exact) mass is 219 g/mol. The molecule has 0 saturated heterocycles. The summed E-state index contributed by atoms with van der Waals surface area (Å²) in [6.45, 7) is 5.02. The molecule has 0 aliphatic rings. The lowest BCUT2D eigenvalue weighted by Gasteiger charge is -2.12. The van der Waals surface area contributed by atoms with Gasteiger partial charge in [0.05, 0.1) is 0 Å². The molecular formula is C13H17NO2. The number of ketones is 1. The Bertz CT molecular complexity index is 381. The van der Waals surface area contributed by atoms with Crippen LogP contribution >= 0.6 is 0 Å². The number of hydrogen-bond donors (Lipinski definition) is 1. The van der Waals surface area contributed by atoms with Gasteiger partial charge in [0.1, 0.15) is 0 Å². The van der Waals surface area contributed by atoms with Crippen LogP contribution in [0.4, 0.5) is 0 Å². The van der Waals surface area contributed by atoms with Gasteiger partial charge in [-0.05, 0) is 25.8 Å². The van der Waals surface area contributed by atoms with E-state index in [9.17, 15) is 9.59 Å². The van der Waals surface area contributed by atoms with Gasteiger partial charge in [-0.2, -0.15) is 0 Å². The highest BCUT2D eigenvalue weighted by Crippen LogP contribution is 2.07. The van der Waals surface area contributed by atoms with Crippen molar-refractivity contribution in [3.8, 4) is 0 Å². The third-order valence-electron chi connectivity index (χ3n) is 2.35. The van der Waals surface area contributed by atoms with Gasteiger partial charge in [0.15, 0.2) is 5.78 Å². The molecule has 1 N–H and O–H groups in total. The van der Waals surface area contributed by atoms with Crippen LogP contribution in [0.2, 0.25) is 0 Å². The van der Waals surface area contributed by atoms with Crippen LogP contribution in [0.3, 0.4) is 0 Å². The maximum Gasteiger partial charge on any atom is 0.217 e. The van der Waals surface area contributed by atoms with E-state index in [-0.39, 0.29) is 17.7 Å². The smallest absolute Gasteiger partial charge is 0.217 e. The van der Waals surface area contributed by atoms with Gasteiger partial charge in [-0.3, -0.25) is 9.59 Å². The SMILES string of the molecule is CC(=O)NC(C)Cc1ccc(C(C)=O)cc1. The van der Waals surface area contributed by atoms with E-state index in [1.54, 1.807) is 6.92 Å². The van der Waals surface area contributed by atoms with E-state index < -0.39 is 0 Å². The quantitative estimate of drug-likeness (QED) is 0.787. The molecule has 0 aliphatic carbocycles. The molecule has 86 valence electrons. The van der Waals surface area contributed by atoms with Crippen molar-refractivity contribution >= 4 is 11.7 Å². The Morgan fingerprint density at radius 1 is 1.19 bits per heavy atom. The normalized spacial score (nSPS) is 11.9. The molecule has 1 unspecified atom stereocenters. The van der Waals surface area contributed by atoms with Crippen LogP contribution in [-0.2, 0) is 11.2 Å². The Labute approximate surface area is 95.9 Å². The summed E-state index contributed by atoms with van der Waals surface area (Å²) in [4.78, 5) is 21.9. The first-order chi connectivity index (χ1) is 7.49. The van der Waals surface area contributed by atoms with E-state index in [0.29, 0.717) is 0 Å². The number of carbonyl (C=O) groups excluding carboxylic acids is 2. The summed E-state index contributed by atoms with van der Waals surface area (Å²) in [5, 5.41) is 2.82. The summed E-state index contributed by atoms with van der Waals surface area (Å²) in [7, 11) is 0. The summed E-state index contributed by atoms with van der Waals surface area (Å²) in [5.41, 5.74) is 1.84. The fourth-order valence-electron chi connectivity index (χ4n) is 1.63. The van der Waals surface area contributed by atoms with Gasteiger partial charge in [0.2, 0.25) is 5.91 Å². The molecule has 0 bridgehead atoms. The average Bonchev–Trinajstić information content (AvgIpc) is 2.16. The minimum Gasteiger partial charge on any atom is -0.354 e. The van der Waals surface area contributed by atoms with Crippen molar-refractivity contribution in [1.82, 2.24) is 5.32 Å². The number of carbonyl (C=O) groups is 2. The van der Waals surface area contributed by atoms with Crippen LogP contribution in [-0.4, -0.2) is 17.7 Å². The number of hydrogen-bond acceptors (Lipinski definition) is 2. The molecule has 1 atom stereocenters. The molecule has 0 saturated carbocycles. The minimum atomic E-state index is -0.0205. The fourth-order valence-corrected chi connectivity index (χ4v) is 1.63. The van der Waals surface area contributed by atoms with Crippen molar-refractivity contribution in [2.45, 2.75) is 33.2 Å². The van der Waals surface area contributed by atoms with Crippen molar-refractivity contribution in [3.05, 3.63) is 35.4 Å². The van der Waals surface area contributed by atoms with Crippen molar-refractivity contribution < 1.29 is 9.59 Å². The first-order valence-electron chi connectivity index (χ1n) is 5.36. The lowest BCUT2D eigenvalue weighted by atomic mass is 10.0. The average molecular weight is 219 g/mol. The van der Waals surface area contributed by atoms with Crippen molar-refractivity contribution in [2.24, 2.45) is 0 Å². The summed E-state index contributed by atoms with van der Waals surface area (Å²) in [5.74, 6) is 0.0503. The molecule has 1 aromatic carbocycles. The van der Waals surface area contributed by atoms with Crippen LogP contribution in [0.5, 0.6) is 0 Å². The topological polar surface area (TPSA) is 46.2 Å². The third kappa shape index (κ3) is 3.85. The zero-order chi connectivity index (χ0) is 12.1. The predicted octanol–water partition coefficient (Wildman–Crippen LogP) is 1.96. The molecule has 1 rings (SSSR count). The maximum atomic E-state index is 11.1. The highest BCUT2D eigenvalue weighted by molar-refractivity contribution is 5.94. The van der Waals surface area contributed by atoms with Gasteiger partial charge in [0.25, 0.3) is 0 Å². The van der Waals surface area contributed by atoms with Gasteiger partial charge in [-0.25, -0.2) is 0 Å². The standard InChI is InChI=1S/C13H17NO2/c1-9(14-11(3)16)8-12-4-6-13(7-5-12)10(2)15/h4-7,9H,8H2,1-3H3,(H,14,16). The molecule has 1 aromatic rings. The molecule has 0 aromatic heterocycles. The van der Waals surface area contributed by atoms with Gasteiger partial charge < -0.3 is 5.32 Å². The van der Waals surface area contributed by atoms with Gasteiger partial charge in [-0.15, -0.1) is 0 Å². The molecule has 0 aliphatic heterocycles. The summed E-state index contributed by atoms with van der Waals surface area (Å²) >= 11 is 0. The third-order valence-corrected chi connectivity index (χ3v) is 2.35. The van der Waals surface area contributed by atoms with Gasteiger partial charge in [-0.1, -0.05) is 24.3 Å². The molecule has 3 nitrogen and oxygen atoms in total. The van der Waals surface area contributed by atoms with E-state index in [2.05, 4.69) is 5.32 Å². The Morgan fingerprint density at radius 2 is 1.75 bits per heavy atom. The second kappa shape index (κ2) is 5.45. The molecular weight excluding hydrogens is 202 g/mol. The number of amides is 1. The fraction of sp³-hybridized carbons (Fsp3) is 0.385. The van der Waals surface area contributed by atoms with E-state index in [1.165, 1.54) is 6.92 Å². The lowest BCUT2D eigenvalue weighted by molar-refractivity contribution is -0.119. The highest BCUT2D eigenvalue weighted by Gasteiger charge is 2.05. The number of rotatable bonds is 4. The molecule has 3 heteroatoms. The first-order valence-corrected chi connectivity index (χ1v) is 5.36. The van der Waals surface area contributed by atoms with Crippen molar-refractivity contribution in [3.63, 3.8) is 0 Å². The van der Waals surface area contributed by atoms with Gasteiger partial charge in [0, 0.05) is 18.5 Å². The second-order valence-corrected chi connectivity index (χ2v) is 4.06. The summed E-state index contributed by atoms with van der Waals surface area (Å²) < 4.78 is 0. The van der Waals surface area contributed by atoms with Crippen LogP contribution < -0.4 is 5.32 Å². The Morgan fingerprint density at radius 3 is 2.19 bits per heavy atom. The van der Waals surface area contributed by atoms with Crippen LogP contribution in [0.25, 0.3) is 0 Å². The Hall–Kier alpha value is -1.64. The molecule has 16 heavy (non-hydrogen) atoms. The largest absolute Gasteiger partial charge is 0.354 e. The molecule has 0 spiro atoms. The van der Waals surface area contributed by atoms with Crippen LogP contribution in [0, 0.1) is 0 Å². The second-order valence-electron chi connectivity index (χ2n) is 4.06. The lowest BCUT2D eigenvalue weighted by Crippen LogP contribution is -2.31. The summed E-state index contributed by atoms with van der Waals surface area (Å²) in [6, 6.07) is 7.60. The Kier molecular flexibility index (Phi) is 4.23. The zero-order valence-corrected chi connectivity index (χ0v) is 9.91. The van der Waals surface area contributed by atoms with E-state index in [4.69, 9.17) is 0 Å². The molecule has 1 amide bonds. The highest BCUT2D eigenvalue weighted by atomic mass is 16.1. The van der Waals surface area contributed by atoms with Crippen LogP contribution in [0.15, 0.2) is 24.3 Å². The zero-order valence-electron chi connectivity index (χ0n) is 9.91. The van der Waals surface area contributed by atoms with E-state index in [1.807, 2.05) is 31.2 Å². The van der Waals surface area contributed by atoms with E-state index >= 15 is 0 Å². The first kappa shape index (κ1) is 12.4. The molecule has 0 radical (unpaired) electrons. The van der Waals surface area contributed by atoms with E-state index in [0.717, 1.165) is 17.5 Å². The van der Waals surface area contributed by atoms with Crippen molar-refractivity contribution in [1.29, 1.82) is 0 Å². The van der Waals surface area contributed by atoms with Crippen molar-refractivity contribution in [2.75, 3.05) is 0 Å². The number of Topliss-reactive ketones (excluding diaryl/α,β-unsaturated/α-hetero) is 1. The molecule has 0 heterocycles. The minimum absolute atomic E-state index is 0.0205. The number of nitrogens with one attached hydrogen (secondary N) is 1. The maximum absolute atomic E-state index is 11.1. The number of benzene rings is 1. The summed E-state index contributed by atoms with van der Waals surface area (Å²) in [6.07, 6.45) is 0.776. The Balaban J connectivity index is 2.61. The predicted molar refractivity (Wildman–Crippen MR) is 63.4 cm³/mol. The van der Waals surface area contributed by atoms with Crippen LogP contribution in [0.1, 0.15) is 36.7 Å².